The summed E-state index contributed by atoms with van der Waals surface area (Å²) in [7, 11) is 3.36. The van der Waals surface area contributed by atoms with E-state index in [1.54, 1.807) is 14.2 Å². The van der Waals surface area contributed by atoms with Gasteiger partial charge in [0.05, 0.1) is 6.61 Å². The molecule has 3 heteroatoms. The summed E-state index contributed by atoms with van der Waals surface area (Å²) in [6.07, 6.45) is 2.99. The quantitative estimate of drug-likeness (QED) is 0.630. The Morgan fingerprint density at radius 3 is 2.22 bits per heavy atom. The van der Waals surface area contributed by atoms with Crippen molar-refractivity contribution in [1.29, 1.82) is 0 Å². The molecular weight excluding hydrogens is 228 g/mol. The van der Waals surface area contributed by atoms with Crippen LogP contribution >= 0.6 is 0 Å². The van der Waals surface area contributed by atoms with Crippen LogP contribution in [0.5, 0.6) is 5.75 Å². The fourth-order valence-corrected chi connectivity index (χ4v) is 1.79. The van der Waals surface area contributed by atoms with Gasteiger partial charge in [-0.1, -0.05) is 25.1 Å². The van der Waals surface area contributed by atoms with Crippen LogP contribution < -0.4 is 4.74 Å². The fourth-order valence-electron chi connectivity index (χ4n) is 1.79. The van der Waals surface area contributed by atoms with Crippen LogP contribution in [0, 0.1) is 5.92 Å². The summed E-state index contributed by atoms with van der Waals surface area (Å²) in [4.78, 5) is 0. The van der Waals surface area contributed by atoms with Crippen LogP contribution in [0.25, 0.3) is 0 Å². The highest BCUT2D eigenvalue weighted by atomic mass is 16.7. The SMILES string of the molecule is COC(CCC(C)CCOc1ccccc1)OC. The molecule has 0 fully saturated rings. The van der Waals surface area contributed by atoms with Crippen molar-refractivity contribution in [3.8, 4) is 5.75 Å². The van der Waals surface area contributed by atoms with Gasteiger partial charge in [-0.2, -0.15) is 0 Å². The average Bonchev–Trinajstić information content (AvgIpc) is 2.41. The van der Waals surface area contributed by atoms with Gasteiger partial charge in [-0.15, -0.1) is 0 Å². The van der Waals surface area contributed by atoms with Crippen LogP contribution in [0.3, 0.4) is 0 Å². The minimum Gasteiger partial charge on any atom is -0.494 e. The van der Waals surface area contributed by atoms with Crippen molar-refractivity contribution in [1.82, 2.24) is 0 Å². The van der Waals surface area contributed by atoms with Crippen molar-refractivity contribution in [2.75, 3.05) is 20.8 Å². The molecule has 0 aliphatic carbocycles. The van der Waals surface area contributed by atoms with Gasteiger partial charge in [-0.25, -0.2) is 0 Å². The minimum atomic E-state index is -0.0810. The molecule has 0 heterocycles. The highest BCUT2D eigenvalue weighted by Gasteiger charge is 2.09. The fraction of sp³-hybridized carbons (Fsp3) is 0.600. The molecule has 0 aliphatic heterocycles. The molecule has 3 nitrogen and oxygen atoms in total. The summed E-state index contributed by atoms with van der Waals surface area (Å²) in [6, 6.07) is 9.93. The van der Waals surface area contributed by atoms with E-state index in [2.05, 4.69) is 6.92 Å². The van der Waals surface area contributed by atoms with Gasteiger partial charge >= 0.3 is 0 Å². The van der Waals surface area contributed by atoms with Gasteiger partial charge < -0.3 is 14.2 Å². The van der Waals surface area contributed by atoms with Crippen molar-refractivity contribution in [3.63, 3.8) is 0 Å². The predicted molar refractivity (Wildman–Crippen MR) is 72.8 cm³/mol. The van der Waals surface area contributed by atoms with Gasteiger partial charge in [-0.3, -0.25) is 0 Å². The van der Waals surface area contributed by atoms with E-state index in [1.165, 1.54) is 0 Å². The van der Waals surface area contributed by atoms with Crippen LogP contribution in [0.15, 0.2) is 30.3 Å². The summed E-state index contributed by atoms with van der Waals surface area (Å²) in [5.74, 6) is 1.55. The standard InChI is InChI=1S/C15H24O3/c1-13(9-10-15(16-2)17-3)11-12-18-14-7-5-4-6-8-14/h4-8,13,15H,9-12H2,1-3H3. The lowest BCUT2D eigenvalue weighted by Gasteiger charge is -2.16. The van der Waals surface area contributed by atoms with E-state index >= 15 is 0 Å². The number of rotatable bonds is 9. The zero-order valence-corrected chi connectivity index (χ0v) is 11.6. The van der Waals surface area contributed by atoms with Gasteiger partial charge in [0.15, 0.2) is 6.29 Å². The van der Waals surface area contributed by atoms with Crippen LogP contribution in [0.4, 0.5) is 0 Å². The predicted octanol–water partition coefficient (Wildman–Crippen LogP) is 3.49. The van der Waals surface area contributed by atoms with Crippen molar-refractivity contribution in [3.05, 3.63) is 30.3 Å². The van der Waals surface area contributed by atoms with Crippen molar-refractivity contribution < 1.29 is 14.2 Å². The monoisotopic (exact) mass is 252 g/mol. The molecule has 1 rings (SSSR count). The molecule has 0 saturated heterocycles. The first-order valence-electron chi connectivity index (χ1n) is 6.49. The summed E-state index contributed by atoms with van der Waals surface area (Å²) in [6.45, 7) is 2.99. The normalized spacial score (nSPS) is 12.7. The number of ether oxygens (including phenoxy) is 3. The third-order valence-electron chi connectivity index (χ3n) is 3.04. The summed E-state index contributed by atoms with van der Waals surface area (Å²) in [5, 5.41) is 0. The average molecular weight is 252 g/mol. The zero-order chi connectivity index (χ0) is 13.2. The Balaban J connectivity index is 2.12. The maximum atomic E-state index is 5.67. The largest absolute Gasteiger partial charge is 0.494 e. The molecule has 0 aliphatic rings. The van der Waals surface area contributed by atoms with E-state index in [-0.39, 0.29) is 6.29 Å². The molecule has 0 saturated carbocycles. The highest BCUT2D eigenvalue weighted by Crippen LogP contribution is 2.15. The molecule has 1 aromatic rings. The molecule has 0 radical (unpaired) electrons. The smallest absolute Gasteiger partial charge is 0.156 e. The lowest BCUT2D eigenvalue weighted by Crippen LogP contribution is -2.14. The number of benzene rings is 1. The first-order chi connectivity index (χ1) is 8.76. The molecule has 0 aromatic heterocycles. The van der Waals surface area contributed by atoms with Gasteiger partial charge in [0.1, 0.15) is 5.75 Å². The number of hydrogen-bond acceptors (Lipinski definition) is 3. The Kier molecular flexibility index (Phi) is 7.46. The molecule has 0 N–H and O–H groups in total. The molecule has 0 bridgehead atoms. The Morgan fingerprint density at radius 1 is 0.944 bits per heavy atom. The second kappa shape index (κ2) is 8.95. The number of para-hydroxylation sites is 1. The van der Waals surface area contributed by atoms with Crippen LogP contribution in [0.1, 0.15) is 26.2 Å². The van der Waals surface area contributed by atoms with Gasteiger partial charge in [0.25, 0.3) is 0 Å². The van der Waals surface area contributed by atoms with Crippen molar-refractivity contribution in [2.45, 2.75) is 32.5 Å². The second-order valence-corrected chi connectivity index (χ2v) is 4.53. The van der Waals surface area contributed by atoms with E-state index in [0.717, 1.165) is 31.6 Å². The number of methoxy groups -OCH3 is 2. The molecular formula is C15H24O3. The Bertz CT molecular complexity index is 296. The van der Waals surface area contributed by atoms with Gasteiger partial charge in [0.2, 0.25) is 0 Å². The van der Waals surface area contributed by atoms with Gasteiger partial charge in [0, 0.05) is 14.2 Å². The lowest BCUT2D eigenvalue weighted by atomic mass is 10.0. The Morgan fingerprint density at radius 2 is 1.61 bits per heavy atom. The van der Waals surface area contributed by atoms with E-state index < -0.39 is 0 Å². The van der Waals surface area contributed by atoms with Crippen molar-refractivity contribution >= 4 is 0 Å². The summed E-state index contributed by atoms with van der Waals surface area (Å²) in [5.41, 5.74) is 0. The molecule has 102 valence electrons. The third-order valence-corrected chi connectivity index (χ3v) is 3.04. The molecule has 1 unspecified atom stereocenters. The van der Waals surface area contributed by atoms with Gasteiger partial charge in [-0.05, 0) is 37.3 Å². The second-order valence-electron chi connectivity index (χ2n) is 4.53. The van der Waals surface area contributed by atoms with Crippen LogP contribution in [0.2, 0.25) is 0 Å². The lowest BCUT2D eigenvalue weighted by molar-refractivity contribution is -0.108. The summed E-state index contributed by atoms with van der Waals surface area (Å²) >= 11 is 0. The van der Waals surface area contributed by atoms with E-state index in [0.29, 0.717) is 5.92 Å². The first-order valence-corrected chi connectivity index (χ1v) is 6.49. The molecule has 1 aromatic carbocycles. The number of hydrogen-bond donors (Lipinski definition) is 0. The maximum absolute atomic E-state index is 5.67. The minimum absolute atomic E-state index is 0.0810. The summed E-state index contributed by atoms with van der Waals surface area (Å²) < 4.78 is 16.0. The highest BCUT2D eigenvalue weighted by molar-refractivity contribution is 5.20. The maximum Gasteiger partial charge on any atom is 0.156 e. The van der Waals surface area contributed by atoms with E-state index in [1.807, 2.05) is 30.3 Å². The van der Waals surface area contributed by atoms with Crippen molar-refractivity contribution in [2.24, 2.45) is 5.92 Å². The molecule has 0 spiro atoms. The molecule has 18 heavy (non-hydrogen) atoms. The Hall–Kier alpha value is -1.06. The topological polar surface area (TPSA) is 27.7 Å². The van der Waals surface area contributed by atoms with Crippen LogP contribution in [-0.2, 0) is 9.47 Å². The third kappa shape index (κ3) is 6.03. The van der Waals surface area contributed by atoms with Crippen LogP contribution in [-0.4, -0.2) is 27.1 Å². The van der Waals surface area contributed by atoms with E-state index in [9.17, 15) is 0 Å². The zero-order valence-electron chi connectivity index (χ0n) is 11.6. The first kappa shape index (κ1) is 15.0. The molecule has 1 atom stereocenters. The Labute approximate surface area is 110 Å². The van der Waals surface area contributed by atoms with E-state index in [4.69, 9.17) is 14.2 Å². The molecule has 0 amide bonds.